The van der Waals surface area contributed by atoms with Gasteiger partial charge in [-0.3, -0.25) is 4.72 Å². The highest BCUT2D eigenvalue weighted by Crippen LogP contribution is 2.22. The third-order valence-corrected chi connectivity index (χ3v) is 4.85. The van der Waals surface area contributed by atoms with Gasteiger partial charge < -0.3 is 5.73 Å². The topological polar surface area (TPSA) is 99.2 Å². The first kappa shape index (κ1) is 14.6. The van der Waals surface area contributed by atoms with Crippen molar-refractivity contribution in [3.05, 3.63) is 23.8 Å². The van der Waals surface area contributed by atoms with E-state index in [0.29, 0.717) is 24.3 Å². The van der Waals surface area contributed by atoms with Gasteiger partial charge in [-0.15, -0.1) is 0 Å². The van der Waals surface area contributed by atoms with E-state index in [2.05, 4.69) is 4.72 Å². The van der Waals surface area contributed by atoms with Gasteiger partial charge in [-0.25, -0.2) is 0 Å². The highest BCUT2D eigenvalue weighted by Gasteiger charge is 2.23. The average Bonchev–Trinajstić information content (AvgIpc) is 2.70. The summed E-state index contributed by atoms with van der Waals surface area (Å²) in [5.41, 5.74) is 6.74. The molecular formula is C13H18N4O2S. The molecule has 1 aromatic rings. The maximum atomic E-state index is 12.3. The standard InChI is InChI=1S/C13H18N4O2S/c14-10-11-5-6-13(12(15)9-11)16-20(18,19)17-7-3-1-2-4-8-17/h5-6,9,16H,1-4,7-8,15H2. The Labute approximate surface area is 119 Å². The second kappa shape index (κ2) is 6.11. The molecule has 1 aromatic carbocycles. The molecular weight excluding hydrogens is 276 g/mol. The van der Waals surface area contributed by atoms with E-state index in [0.717, 1.165) is 25.7 Å². The number of nitrogens with two attached hydrogens (primary N) is 1. The molecule has 3 N–H and O–H groups in total. The third-order valence-electron chi connectivity index (χ3n) is 3.32. The normalized spacial score (nSPS) is 17.1. The SMILES string of the molecule is N#Cc1ccc(NS(=O)(=O)N2CCCCCC2)c(N)c1. The molecule has 0 amide bonds. The van der Waals surface area contributed by atoms with Crippen molar-refractivity contribution in [1.29, 1.82) is 5.26 Å². The van der Waals surface area contributed by atoms with Crippen LogP contribution in [0.5, 0.6) is 0 Å². The van der Waals surface area contributed by atoms with Crippen molar-refractivity contribution in [2.24, 2.45) is 0 Å². The fourth-order valence-corrected chi connectivity index (χ4v) is 3.54. The third kappa shape index (κ3) is 3.40. The number of rotatable bonds is 3. The molecule has 0 saturated carbocycles. The van der Waals surface area contributed by atoms with Gasteiger partial charge >= 0.3 is 10.2 Å². The van der Waals surface area contributed by atoms with E-state index >= 15 is 0 Å². The summed E-state index contributed by atoms with van der Waals surface area (Å²) in [5.74, 6) is 0. The van der Waals surface area contributed by atoms with Gasteiger partial charge in [-0.1, -0.05) is 12.8 Å². The van der Waals surface area contributed by atoms with Crippen LogP contribution >= 0.6 is 0 Å². The van der Waals surface area contributed by atoms with E-state index in [9.17, 15) is 8.42 Å². The Hall–Kier alpha value is -1.78. The molecule has 0 aliphatic carbocycles. The van der Waals surface area contributed by atoms with E-state index in [1.54, 1.807) is 0 Å². The van der Waals surface area contributed by atoms with Crippen molar-refractivity contribution >= 4 is 21.6 Å². The molecule has 1 saturated heterocycles. The van der Waals surface area contributed by atoms with Gasteiger partial charge in [0.1, 0.15) is 0 Å². The van der Waals surface area contributed by atoms with Gasteiger partial charge in [-0.2, -0.15) is 18.0 Å². The van der Waals surface area contributed by atoms with Crippen molar-refractivity contribution in [2.45, 2.75) is 25.7 Å². The van der Waals surface area contributed by atoms with Gasteiger partial charge in [-0.05, 0) is 31.0 Å². The molecule has 20 heavy (non-hydrogen) atoms. The van der Waals surface area contributed by atoms with Gasteiger partial charge in [0.2, 0.25) is 0 Å². The number of hydrogen-bond acceptors (Lipinski definition) is 4. The lowest BCUT2D eigenvalue weighted by Crippen LogP contribution is -2.36. The van der Waals surface area contributed by atoms with Gasteiger partial charge in [0, 0.05) is 13.1 Å². The lowest BCUT2D eigenvalue weighted by Gasteiger charge is -2.21. The maximum Gasteiger partial charge on any atom is 0.301 e. The van der Waals surface area contributed by atoms with Crippen molar-refractivity contribution < 1.29 is 8.42 Å². The maximum absolute atomic E-state index is 12.3. The first-order valence-corrected chi connectivity index (χ1v) is 8.04. The minimum Gasteiger partial charge on any atom is -0.397 e. The molecule has 0 unspecified atom stereocenters. The molecule has 6 nitrogen and oxygen atoms in total. The second-order valence-electron chi connectivity index (χ2n) is 4.83. The van der Waals surface area contributed by atoms with Crippen LogP contribution in [0.25, 0.3) is 0 Å². The van der Waals surface area contributed by atoms with Crippen molar-refractivity contribution in [1.82, 2.24) is 4.31 Å². The van der Waals surface area contributed by atoms with Gasteiger partial charge in [0.15, 0.2) is 0 Å². The summed E-state index contributed by atoms with van der Waals surface area (Å²) in [6.07, 6.45) is 3.88. The zero-order valence-electron chi connectivity index (χ0n) is 11.2. The summed E-state index contributed by atoms with van der Waals surface area (Å²) in [6, 6.07) is 6.48. The summed E-state index contributed by atoms with van der Waals surface area (Å²) in [6.45, 7) is 1.07. The summed E-state index contributed by atoms with van der Waals surface area (Å²) >= 11 is 0. The molecule has 1 fully saturated rings. The van der Waals surface area contributed by atoms with Gasteiger partial charge in [0.25, 0.3) is 0 Å². The predicted molar refractivity (Wildman–Crippen MR) is 78.2 cm³/mol. The van der Waals surface area contributed by atoms with Crippen LogP contribution in [0.15, 0.2) is 18.2 Å². The first-order chi connectivity index (χ1) is 9.53. The molecule has 1 aliphatic heterocycles. The number of nitrogen functional groups attached to an aromatic ring is 1. The Bertz CT molecular complexity index is 614. The number of benzene rings is 1. The number of nitrogens with one attached hydrogen (secondary N) is 1. The largest absolute Gasteiger partial charge is 0.397 e. The van der Waals surface area contributed by atoms with Crippen LogP contribution < -0.4 is 10.5 Å². The Morgan fingerprint density at radius 1 is 1.20 bits per heavy atom. The fourth-order valence-electron chi connectivity index (χ4n) is 2.21. The van der Waals surface area contributed by atoms with Crippen LogP contribution in [0, 0.1) is 11.3 Å². The zero-order chi connectivity index (χ0) is 14.6. The number of hydrogen-bond donors (Lipinski definition) is 2. The zero-order valence-corrected chi connectivity index (χ0v) is 12.0. The molecule has 1 aliphatic rings. The monoisotopic (exact) mass is 294 g/mol. The Morgan fingerprint density at radius 2 is 1.85 bits per heavy atom. The molecule has 0 radical (unpaired) electrons. The highest BCUT2D eigenvalue weighted by molar-refractivity contribution is 7.90. The molecule has 1 heterocycles. The molecule has 0 bridgehead atoms. The van der Waals surface area contributed by atoms with Crippen LogP contribution in [-0.2, 0) is 10.2 Å². The number of anilines is 2. The van der Waals surface area contributed by atoms with Crippen molar-refractivity contribution in [3.8, 4) is 6.07 Å². The first-order valence-electron chi connectivity index (χ1n) is 6.60. The second-order valence-corrected chi connectivity index (χ2v) is 6.50. The van der Waals surface area contributed by atoms with E-state index in [-0.39, 0.29) is 5.69 Å². The summed E-state index contributed by atoms with van der Waals surface area (Å²) in [4.78, 5) is 0. The van der Waals surface area contributed by atoms with E-state index in [4.69, 9.17) is 11.0 Å². The van der Waals surface area contributed by atoms with E-state index < -0.39 is 10.2 Å². The summed E-state index contributed by atoms with van der Waals surface area (Å²) in [7, 11) is -3.58. The van der Waals surface area contributed by atoms with E-state index in [1.807, 2.05) is 6.07 Å². The smallest absolute Gasteiger partial charge is 0.301 e. The Kier molecular flexibility index (Phi) is 4.47. The number of nitrogens with zero attached hydrogens (tertiary/aromatic N) is 2. The minimum atomic E-state index is -3.58. The lowest BCUT2D eigenvalue weighted by molar-refractivity contribution is 0.427. The minimum absolute atomic E-state index is 0.252. The van der Waals surface area contributed by atoms with Crippen LogP contribution in [-0.4, -0.2) is 25.8 Å². The Morgan fingerprint density at radius 3 is 2.40 bits per heavy atom. The average molecular weight is 294 g/mol. The molecule has 0 atom stereocenters. The highest BCUT2D eigenvalue weighted by atomic mass is 32.2. The van der Waals surface area contributed by atoms with Crippen LogP contribution in [0.2, 0.25) is 0 Å². The number of nitriles is 1. The molecule has 2 rings (SSSR count). The van der Waals surface area contributed by atoms with Crippen LogP contribution in [0.4, 0.5) is 11.4 Å². The molecule has 0 spiro atoms. The molecule has 7 heteroatoms. The lowest BCUT2D eigenvalue weighted by atomic mass is 10.2. The summed E-state index contributed by atoms with van der Waals surface area (Å²) in [5, 5.41) is 8.77. The predicted octanol–water partition coefficient (Wildman–Crippen LogP) is 1.67. The molecule has 108 valence electrons. The Balaban J connectivity index is 2.17. The van der Waals surface area contributed by atoms with Crippen molar-refractivity contribution in [2.75, 3.05) is 23.5 Å². The molecule has 0 aromatic heterocycles. The fraction of sp³-hybridized carbons (Fsp3) is 0.462. The van der Waals surface area contributed by atoms with Crippen LogP contribution in [0.1, 0.15) is 31.2 Å². The van der Waals surface area contributed by atoms with Crippen molar-refractivity contribution in [3.63, 3.8) is 0 Å². The van der Waals surface area contributed by atoms with Gasteiger partial charge in [0.05, 0.1) is 23.0 Å². The van der Waals surface area contributed by atoms with Crippen LogP contribution in [0.3, 0.4) is 0 Å². The quantitative estimate of drug-likeness (QED) is 0.828. The van der Waals surface area contributed by atoms with E-state index in [1.165, 1.54) is 22.5 Å². The summed E-state index contributed by atoms with van der Waals surface area (Å²) < 4.78 is 28.6.